The first-order valence-corrected chi connectivity index (χ1v) is 10.8. The molecule has 0 radical (unpaired) electrons. The molecule has 164 valence electrons. The highest BCUT2D eigenvalue weighted by atomic mass is 32.2. The number of hydrogen-bond donors (Lipinski definition) is 2. The Morgan fingerprint density at radius 2 is 1.72 bits per heavy atom. The van der Waals surface area contributed by atoms with Crippen molar-refractivity contribution in [1.82, 2.24) is 0 Å². The van der Waals surface area contributed by atoms with E-state index in [2.05, 4.69) is 10.6 Å². The van der Waals surface area contributed by atoms with Crippen LogP contribution in [0.15, 0.2) is 71.6 Å². The molecular weight excluding hydrogens is 426 g/mol. The number of aryl methyl sites for hydroxylation is 2. The molecule has 0 aliphatic heterocycles. The first-order chi connectivity index (χ1) is 15.2. The number of nitro benzene ring substituents is 1. The van der Waals surface area contributed by atoms with Gasteiger partial charge in [0.2, 0.25) is 5.91 Å². The maximum atomic E-state index is 12.6. The zero-order valence-electron chi connectivity index (χ0n) is 17.9. The minimum absolute atomic E-state index is 0.118. The monoisotopic (exact) mass is 449 g/mol. The van der Waals surface area contributed by atoms with Crippen molar-refractivity contribution in [1.29, 1.82) is 0 Å². The average Bonchev–Trinajstić information content (AvgIpc) is 2.76. The van der Waals surface area contributed by atoms with Crippen LogP contribution in [0.4, 0.5) is 17.1 Å². The van der Waals surface area contributed by atoms with Crippen LogP contribution in [0.5, 0.6) is 0 Å². The molecule has 0 saturated carbocycles. The van der Waals surface area contributed by atoms with Crippen LogP contribution in [0.2, 0.25) is 0 Å². The van der Waals surface area contributed by atoms with E-state index in [-0.39, 0.29) is 22.4 Å². The number of hydrogen-bond acceptors (Lipinski definition) is 5. The molecule has 0 aliphatic rings. The SMILES string of the molecule is Cc1ccc(NC(=O)C(C)Sc2cccc(NC(=O)c3cccc([N+](=O)[O-])c3)c2)c(C)c1. The molecule has 0 saturated heterocycles. The van der Waals surface area contributed by atoms with Gasteiger partial charge < -0.3 is 10.6 Å². The van der Waals surface area contributed by atoms with Gasteiger partial charge in [0.15, 0.2) is 0 Å². The van der Waals surface area contributed by atoms with E-state index in [0.29, 0.717) is 5.69 Å². The summed E-state index contributed by atoms with van der Waals surface area (Å²) < 4.78 is 0. The standard InChI is InChI=1S/C24H23N3O4S/c1-15-10-11-22(16(2)12-15)26-23(28)17(3)32-21-9-5-7-19(14-21)25-24(29)18-6-4-8-20(13-18)27(30)31/h4-14,17H,1-3H3,(H,25,29)(H,26,28). The molecular formula is C24H23N3O4S. The van der Waals surface area contributed by atoms with E-state index in [9.17, 15) is 19.7 Å². The second-order valence-electron chi connectivity index (χ2n) is 7.36. The Bertz CT molecular complexity index is 1180. The molecule has 1 unspecified atom stereocenters. The van der Waals surface area contributed by atoms with Gasteiger partial charge in [-0.3, -0.25) is 19.7 Å². The summed E-state index contributed by atoms with van der Waals surface area (Å²) in [6, 6.07) is 18.5. The molecule has 3 aromatic rings. The van der Waals surface area contributed by atoms with Crippen LogP contribution in [0.3, 0.4) is 0 Å². The van der Waals surface area contributed by atoms with Crippen LogP contribution in [0.25, 0.3) is 0 Å². The van der Waals surface area contributed by atoms with Gasteiger partial charge in [0, 0.05) is 34.0 Å². The fraction of sp³-hybridized carbons (Fsp3) is 0.167. The number of nitrogens with zero attached hydrogens (tertiary/aromatic N) is 1. The smallest absolute Gasteiger partial charge is 0.270 e. The van der Waals surface area contributed by atoms with Crippen molar-refractivity contribution in [3.63, 3.8) is 0 Å². The minimum Gasteiger partial charge on any atom is -0.325 e. The third-order valence-electron chi connectivity index (χ3n) is 4.73. The largest absolute Gasteiger partial charge is 0.325 e. The Morgan fingerprint density at radius 1 is 0.969 bits per heavy atom. The lowest BCUT2D eigenvalue weighted by molar-refractivity contribution is -0.384. The zero-order valence-corrected chi connectivity index (χ0v) is 18.7. The fourth-order valence-corrected chi connectivity index (χ4v) is 3.98. The van der Waals surface area contributed by atoms with Crippen LogP contribution in [0.1, 0.15) is 28.4 Å². The number of nitro groups is 1. The maximum absolute atomic E-state index is 12.6. The third kappa shape index (κ3) is 5.95. The molecule has 3 aromatic carbocycles. The number of thioether (sulfide) groups is 1. The Morgan fingerprint density at radius 3 is 2.44 bits per heavy atom. The molecule has 0 spiro atoms. The molecule has 2 amide bonds. The summed E-state index contributed by atoms with van der Waals surface area (Å²) in [4.78, 5) is 36.3. The topological polar surface area (TPSA) is 101 Å². The van der Waals surface area contributed by atoms with Crippen molar-refractivity contribution in [2.45, 2.75) is 30.9 Å². The van der Waals surface area contributed by atoms with Crippen molar-refractivity contribution in [3.05, 3.63) is 93.5 Å². The zero-order chi connectivity index (χ0) is 23.3. The fourth-order valence-electron chi connectivity index (χ4n) is 3.06. The molecule has 7 nitrogen and oxygen atoms in total. The first kappa shape index (κ1) is 23.0. The number of carbonyl (C=O) groups excluding carboxylic acids is 2. The summed E-state index contributed by atoms with van der Waals surface area (Å²) in [5.74, 6) is -0.565. The molecule has 32 heavy (non-hydrogen) atoms. The Labute approximate surface area is 190 Å². The van der Waals surface area contributed by atoms with Gasteiger partial charge >= 0.3 is 0 Å². The first-order valence-electron chi connectivity index (χ1n) is 9.93. The second-order valence-corrected chi connectivity index (χ2v) is 8.77. The maximum Gasteiger partial charge on any atom is 0.270 e. The molecule has 2 N–H and O–H groups in total. The predicted octanol–water partition coefficient (Wildman–Crippen LogP) is 5.58. The lowest BCUT2D eigenvalue weighted by atomic mass is 10.1. The van der Waals surface area contributed by atoms with Gasteiger partial charge in [0.25, 0.3) is 11.6 Å². The molecule has 3 rings (SSSR count). The molecule has 0 aliphatic carbocycles. The van der Waals surface area contributed by atoms with Crippen molar-refractivity contribution in [3.8, 4) is 0 Å². The van der Waals surface area contributed by atoms with Crippen molar-refractivity contribution < 1.29 is 14.5 Å². The second kappa shape index (κ2) is 10.1. The van der Waals surface area contributed by atoms with Gasteiger partial charge in [-0.25, -0.2) is 0 Å². The normalized spacial score (nSPS) is 11.5. The molecule has 1 atom stereocenters. The Hall–Kier alpha value is -3.65. The van der Waals surface area contributed by atoms with Gasteiger partial charge in [-0.2, -0.15) is 0 Å². The predicted molar refractivity (Wildman–Crippen MR) is 127 cm³/mol. The third-order valence-corrected chi connectivity index (χ3v) is 5.83. The van der Waals surface area contributed by atoms with E-state index in [4.69, 9.17) is 0 Å². The highest BCUT2D eigenvalue weighted by molar-refractivity contribution is 8.00. The van der Waals surface area contributed by atoms with Crippen LogP contribution < -0.4 is 10.6 Å². The summed E-state index contributed by atoms with van der Waals surface area (Å²) >= 11 is 1.37. The lowest BCUT2D eigenvalue weighted by Crippen LogP contribution is -2.22. The number of non-ortho nitro benzene ring substituents is 1. The van der Waals surface area contributed by atoms with Gasteiger partial charge in [0.05, 0.1) is 10.2 Å². The van der Waals surface area contributed by atoms with E-state index in [1.54, 1.807) is 18.2 Å². The molecule has 0 heterocycles. The number of carbonyl (C=O) groups is 2. The van der Waals surface area contributed by atoms with Crippen LogP contribution in [-0.4, -0.2) is 22.0 Å². The molecule has 0 bridgehead atoms. The van der Waals surface area contributed by atoms with Crippen molar-refractivity contribution in [2.24, 2.45) is 0 Å². The summed E-state index contributed by atoms with van der Waals surface area (Å²) in [5, 5.41) is 16.3. The highest BCUT2D eigenvalue weighted by Crippen LogP contribution is 2.27. The Balaban J connectivity index is 1.65. The van der Waals surface area contributed by atoms with Crippen molar-refractivity contribution >= 4 is 40.6 Å². The summed E-state index contributed by atoms with van der Waals surface area (Å²) in [7, 11) is 0. The van der Waals surface area contributed by atoms with E-state index >= 15 is 0 Å². The van der Waals surface area contributed by atoms with E-state index in [1.165, 1.54) is 36.0 Å². The highest BCUT2D eigenvalue weighted by Gasteiger charge is 2.16. The summed E-state index contributed by atoms with van der Waals surface area (Å²) in [6.07, 6.45) is 0. The minimum atomic E-state index is -0.543. The Kier molecular flexibility index (Phi) is 7.27. The van der Waals surface area contributed by atoms with Gasteiger partial charge in [-0.1, -0.05) is 29.8 Å². The summed E-state index contributed by atoms with van der Waals surface area (Å²) in [5.41, 5.74) is 3.50. The lowest BCUT2D eigenvalue weighted by Gasteiger charge is -2.14. The van der Waals surface area contributed by atoms with Gasteiger partial charge in [-0.15, -0.1) is 11.8 Å². The van der Waals surface area contributed by atoms with Gasteiger partial charge in [0.1, 0.15) is 0 Å². The summed E-state index contributed by atoms with van der Waals surface area (Å²) in [6.45, 7) is 5.77. The molecule has 0 aromatic heterocycles. The van der Waals surface area contributed by atoms with Crippen LogP contribution in [0, 0.1) is 24.0 Å². The number of rotatable bonds is 7. The van der Waals surface area contributed by atoms with Gasteiger partial charge in [-0.05, 0) is 56.7 Å². The average molecular weight is 450 g/mol. The van der Waals surface area contributed by atoms with E-state index in [0.717, 1.165) is 21.7 Å². The molecule has 0 fully saturated rings. The number of benzene rings is 3. The van der Waals surface area contributed by atoms with Crippen LogP contribution in [-0.2, 0) is 4.79 Å². The quantitative estimate of drug-likeness (QED) is 0.278. The number of anilines is 2. The van der Waals surface area contributed by atoms with Crippen molar-refractivity contribution in [2.75, 3.05) is 10.6 Å². The van der Waals surface area contributed by atoms with E-state index < -0.39 is 10.8 Å². The molecule has 8 heteroatoms. The number of amides is 2. The van der Waals surface area contributed by atoms with Crippen LogP contribution >= 0.6 is 11.8 Å². The number of nitrogens with one attached hydrogen (secondary N) is 2. The van der Waals surface area contributed by atoms with E-state index in [1.807, 2.05) is 45.0 Å².